The van der Waals surface area contributed by atoms with Crippen molar-refractivity contribution in [3.63, 3.8) is 0 Å². The van der Waals surface area contributed by atoms with Gasteiger partial charge in [-0.15, -0.1) is 21.5 Å². The Kier molecular flexibility index (Phi) is 3.63. The molecule has 0 aliphatic carbocycles. The number of benzene rings is 2. The van der Waals surface area contributed by atoms with Crippen molar-refractivity contribution in [2.75, 3.05) is 0 Å². The van der Waals surface area contributed by atoms with Gasteiger partial charge in [-0.05, 0) is 29.7 Å². The normalized spacial score (nSPS) is 11.2. The van der Waals surface area contributed by atoms with Gasteiger partial charge in [0, 0.05) is 6.92 Å². The van der Waals surface area contributed by atoms with Crippen molar-refractivity contribution in [1.82, 2.24) is 15.2 Å². The van der Waals surface area contributed by atoms with Crippen molar-refractivity contribution < 1.29 is 4.42 Å². The minimum atomic E-state index is 0.589. The predicted octanol–water partition coefficient (Wildman–Crippen LogP) is 4.17. The monoisotopic (exact) mass is 321 g/mol. The molecular formula is C18H15N3OS. The summed E-state index contributed by atoms with van der Waals surface area (Å²) < 4.78 is 6.63. The number of hydrogen-bond donors (Lipinski definition) is 0. The number of hydrogen-bond acceptors (Lipinski definition) is 5. The number of rotatable bonds is 4. The predicted molar refractivity (Wildman–Crippen MR) is 90.7 cm³/mol. The molecule has 0 radical (unpaired) electrons. The van der Waals surface area contributed by atoms with Crippen LogP contribution in [0.5, 0.6) is 0 Å². The summed E-state index contributed by atoms with van der Waals surface area (Å²) in [4.78, 5) is 4.66. The molecule has 23 heavy (non-hydrogen) atoms. The van der Waals surface area contributed by atoms with E-state index in [1.807, 2.05) is 6.07 Å². The highest BCUT2D eigenvalue weighted by atomic mass is 32.1. The lowest BCUT2D eigenvalue weighted by Crippen LogP contribution is -1.87. The van der Waals surface area contributed by atoms with Crippen LogP contribution in [0.3, 0.4) is 0 Å². The quantitative estimate of drug-likeness (QED) is 0.566. The molecule has 114 valence electrons. The summed E-state index contributed by atoms with van der Waals surface area (Å²) in [5.41, 5.74) is 3.64. The van der Waals surface area contributed by atoms with Crippen molar-refractivity contribution in [3.8, 4) is 0 Å². The SMILES string of the molecule is Cc1nnc(Cc2nc3ccc(Cc4ccccc4)cc3s2)o1. The third-order valence-electron chi connectivity index (χ3n) is 3.62. The Morgan fingerprint density at radius 2 is 1.83 bits per heavy atom. The molecule has 0 atom stereocenters. The summed E-state index contributed by atoms with van der Waals surface area (Å²) in [6, 6.07) is 17.0. The molecule has 0 unspecified atom stereocenters. The van der Waals surface area contributed by atoms with Crippen LogP contribution in [0.1, 0.15) is 27.9 Å². The van der Waals surface area contributed by atoms with E-state index in [1.165, 1.54) is 15.8 Å². The zero-order valence-electron chi connectivity index (χ0n) is 12.7. The van der Waals surface area contributed by atoms with Gasteiger partial charge in [0.15, 0.2) is 0 Å². The van der Waals surface area contributed by atoms with E-state index in [1.54, 1.807) is 18.3 Å². The molecular weight excluding hydrogens is 306 g/mol. The van der Waals surface area contributed by atoms with Crippen LogP contribution in [0.25, 0.3) is 10.2 Å². The lowest BCUT2D eigenvalue weighted by atomic mass is 10.1. The minimum absolute atomic E-state index is 0.589. The molecule has 4 nitrogen and oxygen atoms in total. The Labute approximate surface area is 137 Å². The molecule has 4 rings (SSSR count). The second kappa shape index (κ2) is 5.93. The molecule has 0 aliphatic rings. The average Bonchev–Trinajstić information content (AvgIpc) is 3.14. The Balaban J connectivity index is 1.59. The average molecular weight is 321 g/mol. The van der Waals surface area contributed by atoms with E-state index >= 15 is 0 Å². The maximum absolute atomic E-state index is 5.43. The molecule has 4 aromatic rings. The van der Waals surface area contributed by atoms with Gasteiger partial charge in [0.25, 0.3) is 0 Å². The Morgan fingerprint density at radius 1 is 0.957 bits per heavy atom. The molecule has 0 saturated carbocycles. The Bertz CT molecular complexity index is 943. The molecule has 2 aromatic carbocycles. The second-order valence-electron chi connectivity index (χ2n) is 5.46. The second-order valence-corrected chi connectivity index (χ2v) is 6.58. The Hall–Kier alpha value is -2.53. The molecule has 0 N–H and O–H groups in total. The first-order chi connectivity index (χ1) is 11.3. The van der Waals surface area contributed by atoms with Crippen LogP contribution < -0.4 is 0 Å². The molecule has 0 amide bonds. The van der Waals surface area contributed by atoms with Gasteiger partial charge < -0.3 is 4.42 Å². The number of fused-ring (bicyclic) bond motifs is 1. The van der Waals surface area contributed by atoms with Crippen molar-refractivity contribution in [2.24, 2.45) is 0 Å². The van der Waals surface area contributed by atoms with Gasteiger partial charge in [-0.1, -0.05) is 36.4 Å². The van der Waals surface area contributed by atoms with Crippen LogP contribution in [0.4, 0.5) is 0 Å². The smallest absolute Gasteiger partial charge is 0.223 e. The number of nitrogens with zero attached hydrogens (tertiary/aromatic N) is 3. The molecule has 0 aliphatic heterocycles. The van der Waals surface area contributed by atoms with Gasteiger partial charge in [-0.25, -0.2) is 4.98 Å². The van der Waals surface area contributed by atoms with Crippen molar-refractivity contribution >= 4 is 21.6 Å². The maximum Gasteiger partial charge on any atom is 0.223 e. The molecule has 0 fully saturated rings. The highest BCUT2D eigenvalue weighted by molar-refractivity contribution is 7.18. The van der Waals surface area contributed by atoms with Gasteiger partial charge >= 0.3 is 0 Å². The molecule has 0 saturated heterocycles. The highest BCUT2D eigenvalue weighted by Gasteiger charge is 2.10. The minimum Gasteiger partial charge on any atom is -0.425 e. The fourth-order valence-corrected chi connectivity index (χ4v) is 3.59. The lowest BCUT2D eigenvalue weighted by molar-refractivity contribution is 0.477. The van der Waals surface area contributed by atoms with Crippen molar-refractivity contribution in [1.29, 1.82) is 0 Å². The van der Waals surface area contributed by atoms with E-state index in [9.17, 15) is 0 Å². The van der Waals surface area contributed by atoms with Crippen LogP contribution in [0.2, 0.25) is 0 Å². The van der Waals surface area contributed by atoms with Crippen LogP contribution in [-0.4, -0.2) is 15.2 Å². The molecule has 0 spiro atoms. The zero-order valence-corrected chi connectivity index (χ0v) is 13.5. The van der Waals surface area contributed by atoms with Gasteiger partial charge in [0.05, 0.1) is 16.6 Å². The van der Waals surface area contributed by atoms with Gasteiger partial charge in [0.1, 0.15) is 5.01 Å². The highest BCUT2D eigenvalue weighted by Crippen LogP contribution is 2.25. The fourth-order valence-electron chi connectivity index (χ4n) is 2.57. The summed E-state index contributed by atoms with van der Waals surface area (Å²) >= 11 is 1.69. The van der Waals surface area contributed by atoms with Crippen LogP contribution in [-0.2, 0) is 12.8 Å². The lowest BCUT2D eigenvalue weighted by Gasteiger charge is -2.01. The fraction of sp³-hybridized carbons (Fsp3) is 0.167. The summed E-state index contributed by atoms with van der Waals surface area (Å²) in [6.07, 6.45) is 1.53. The molecule has 2 heterocycles. The maximum atomic E-state index is 5.43. The number of aromatic nitrogens is 3. The van der Waals surface area contributed by atoms with Crippen molar-refractivity contribution in [3.05, 3.63) is 76.4 Å². The van der Waals surface area contributed by atoms with Crippen LogP contribution in [0.15, 0.2) is 52.9 Å². The van der Waals surface area contributed by atoms with Gasteiger partial charge in [0.2, 0.25) is 11.8 Å². The Morgan fingerprint density at radius 3 is 2.61 bits per heavy atom. The van der Waals surface area contributed by atoms with Crippen molar-refractivity contribution in [2.45, 2.75) is 19.8 Å². The van der Waals surface area contributed by atoms with E-state index in [0.29, 0.717) is 18.2 Å². The summed E-state index contributed by atoms with van der Waals surface area (Å²) in [7, 11) is 0. The third kappa shape index (κ3) is 3.14. The molecule has 0 bridgehead atoms. The zero-order chi connectivity index (χ0) is 15.6. The summed E-state index contributed by atoms with van der Waals surface area (Å²) in [5, 5.41) is 8.89. The van der Waals surface area contributed by atoms with Crippen LogP contribution in [0, 0.1) is 6.92 Å². The third-order valence-corrected chi connectivity index (χ3v) is 4.64. The summed E-state index contributed by atoms with van der Waals surface area (Å²) in [6.45, 7) is 1.80. The van der Waals surface area contributed by atoms with E-state index in [4.69, 9.17) is 4.42 Å². The molecule has 2 aromatic heterocycles. The summed E-state index contributed by atoms with van der Waals surface area (Å²) in [5.74, 6) is 1.21. The van der Waals surface area contributed by atoms with Gasteiger partial charge in [-0.2, -0.15) is 0 Å². The first-order valence-electron chi connectivity index (χ1n) is 7.47. The first kappa shape index (κ1) is 14.1. The standard InChI is InChI=1S/C18H15N3OS/c1-12-20-21-17(22-12)11-18-19-15-8-7-14(10-16(15)23-18)9-13-5-3-2-4-6-13/h2-8,10H,9,11H2,1H3. The van der Waals surface area contributed by atoms with E-state index < -0.39 is 0 Å². The topological polar surface area (TPSA) is 51.8 Å². The first-order valence-corrected chi connectivity index (χ1v) is 8.29. The van der Waals surface area contributed by atoms with Gasteiger partial charge in [-0.3, -0.25) is 0 Å². The number of thiazole rings is 1. The van der Waals surface area contributed by atoms with Crippen LogP contribution >= 0.6 is 11.3 Å². The van der Waals surface area contributed by atoms with E-state index in [-0.39, 0.29) is 0 Å². The number of aryl methyl sites for hydroxylation is 1. The van der Waals surface area contributed by atoms with E-state index in [2.05, 4.69) is 57.6 Å². The molecule has 5 heteroatoms. The van der Waals surface area contributed by atoms with E-state index in [0.717, 1.165) is 16.9 Å². The largest absolute Gasteiger partial charge is 0.425 e.